The van der Waals surface area contributed by atoms with Crippen LogP contribution in [0.1, 0.15) is 11.1 Å². The molecule has 0 saturated heterocycles. The Morgan fingerprint density at radius 1 is 1.12 bits per heavy atom. The molecule has 4 nitrogen and oxygen atoms in total. The molecule has 3 rings (SSSR count). The van der Waals surface area contributed by atoms with Crippen molar-refractivity contribution in [1.82, 2.24) is 9.36 Å². The van der Waals surface area contributed by atoms with Gasteiger partial charge in [0, 0.05) is 11.3 Å². The van der Waals surface area contributed by atoms with E-state index < -0.39 is 0 Å². The number of nitrogens with zero attached hydrogens (tertiary/aromatic N) is 2. The first kappa shape index (κ1) is 16.7. The van der Waals surface area contributed by atoms with Crippen molar-refractivity contribution < 1.29 is 4.79 Å². The van der Waals surface area contributed by atoms with Crippen LogP contribution < -0.4 is 5.32 Å². The predicted molar refractivity (Wildman–Crippen MR) is 101 cm³/mol. The fraction of sp³-hybridized carbons (Fsp3) is 0.167. The molecule has 2 aromatic carbocycles. The molecule has 122 valence electrons. The van der Waals surface area contributed by atoms with Gasteiger partial charge in [-0.25, -0.2) is 4.98 Å². The maximum atomic E-state index is 12.0. The van der Waals surface area contributed by atoms with E-state index in [-0.39, 0.29) is 5.91 Å². The van der Waals surface area contributed by atoms with Gasteiger partial charge < -0.3 is 5.32 Å². The van der Waals surface area contributed by atoms with Gasteiger partial charge in [0.15, 0.2) is 10.2 Å². The Bertz CT molecular complexity index is 861. The zero-order valence-corrected chi connectivity index (χ0v) is 15.1. The summed E-state index contributed by atoms with van der Waals surface area (Å²) in [5.41, 5.74) is 4.11. The van der Waals surface area contributed by atoms with Crippen LogP contribution in [-0.4, -0.2) is 21.0 Å². The zero-order valence-electron chi connectivity index (χ0n) is 13.4. The van der Waals surface area contributed by atoms with Crippen LogP contribution in [0.4, 0.5) is 5.69 Å². The molecule has 0 aliphatic carbocycles. The van der Waals surface area contributed by atoms with Gasteiger partial charge in [-0.15, -0.1) is 0 Å². The van der Waals surface area contributed by atoms with Crippen molar-refractivity contribution in [2.45, 2.75) is 18.2 Å². The minimum atomic E-state index is -0.0436. The molecule has 0 atom stereocenters. The Labute approximate surface area is 149 Å². The van der Waals surface area contributed by atoms with E-state index in [2.05, 4.69) is 20.7 Å². The number of carbonyl (C=O) groups is 1. The van der Waals surface area contributed by atoms with E-state index in [4.69, 9.17) is 0 Å². The largest absolute Gasteiger partial charge is 0.325 e. The van der Waals surface area contributed by atoms with Gasteiger partial charge >= 0.3 is 0 Å². The van der Waals surface area contributed by atoms with Gasteiger partial charge in [0.2, 0.25) is 5.91 Å². The summed E-state index contributed by atoms with van der Waals surface area (Å²) in [4.78, 5) is 16.5. The number of thioether (sulfide) groups is 1. The van der Waals surface area contributed by atoms with Crippen LogP contribution in [0.3, 0.4) is 0 Å². The van der Waals surface area contributed by atoms with Crippen molar-refractivity contribution in [3.8, 4) is 11.4 Å². The molecular weight excluding hydrogens is 338 g/mol. The number of rotatable bonds is 5. The highest BCUT2D eigenvalue weighted by atomic mass is 32.2. The topological polar surface area (TPSA) is 54.9 Å². The molecule has 0 aliphatic heterocycles. The highest BCUT2D eigenvalue weighted by molar-refractivity contribution is 8.01. The molecule has 0 aliphatic rings. The Balaban J connectivity index is 1.58. The number of hydrogen-bond acceptors (Lipinski definition) is 5. The number of benzene rings is 2. The van der Waals surface area contributed by atoms with E-state index in [0.29, 0.717) is 11.6 Å². The summed E-state index contributed by atoms with van der Waals surface area (Å²) in [5, 5.41) is 2.90. The molecule has 3 aromatic rings. The van der Waals surface area contributed by atoms with Gasteiger partial charge in [-0.3, -0.25) is 4.79 Å². The lowest BCUT2D eigenvalue weighted by Crippen LogP contribution is -2.13. The molecule has 0 bridgehead atoms. The molecule has 0 fully saturated rings. The average molecular weight is 355 g/mol. The highest BCUT2D eigenvalue weighted by Crippen LogP contribution is 2.25. The number of hydrogen-bond donors (Lipinski definition) is 1. The number of nitrogens with one attached hydrogen (secondary N) is 1. The normalized spacial score (nSPS) is 10.6. The summed E-state index contributed by atoms with van der Waals surface area (Å²) >= 11 is 2.73. The smallest absolute Gasteiger partial charge is 0.234 e. The Hall–Kier alpha value is -2.18. The molecule has 1 aromatic heterocycles. The Kier molecular flexibility index (Phi) is 5.27. The zero-order chi connectivity index (χ0) is 16.9. The summed E-state index contributed by atoms with van der Waals surface area (Å²) in [6, 6.07) is 15.8. The minimum Gasteiger partial charge on any atom is -0.325 e. The minimum absolute atomic E-state index is 0.0436. The Morgan fingerprint density at radius 3 is 2.62 bits per heavy atom. The van der Waals surface area contributed by atoms with Crippen LogP contribution in [0.5, 0.6) is 0 Å². The molecule has 1 heterocycles. The van der Waals surface area contributed by atoms with Gasteiger partial charge in [-0.2, -0.15) is 4.37 Å². The van der Waals surface area contributed by atoms with Gasteiger partial charge in [-0.1, -0.05) is 47.7 Å². The third kappa shape index (κ3) is 4.43. The van der Waals surface area contributed by atoms with E-state index in [9.17, 15) is 4.79 Å². The number of aryl methyl sites for hydroxylation is 2. The maximum absolute atomic E-state index is 12.0. The van der Waals surface area contributed by atoms with Crippen LogP contribution >= 0.6 is 23.3 Å². The van der Waals surface area contributed by atoms with Crippen molar-refractivity contribution in [3.63, 3.8) is 0 Å². The van der Waals surface area contributed by atoms with Crippen molar-refractivity contribution in [1.29, 1.82) is 0 Å². The van der Waals surface area contributed by atoms with Crippen LogP contribution in [-0.2, 0) is 4.79 Å². The van der Waals surface area contributed by atoms with Crippen LogP contribution in [0.25, 0.3) is 11.4 Å². The van der Waals surface area contributed by atoms with E-state index in [0.717, 1.165) is 21.2 Å². The van der Waals surface area contributed by atoms with E-state index >= 15 is 0 Å². The lowest BCUT2D eigenvalue weighted by atomic mass is 10.1. The standard InChI is InChI=1S/C18H17N3OS2/c1-12-5-3-7-14(9-12)17-20-18(24-21-17)23-11-16(22)19-15-8-4-6-13(2)10-15/h3-10H,11H2,1-2H3,(H,19,22). The summed E-state index contributed by atoms with van der Waals surface area (Å²) in [6.45, 7) is 4.04. The first-order valence-corrected chi connectivity index (χ1v) is 9.26. The molecule has 0 saturated carbocycles. The number of carbonyl (C=O) groups excluding carboxylic acids is 1. The summed E-state index contributed by atoms with van der Waals surface area (Å²) in [5.74, 6) is 0.985. The lowest BCUT2D eigenvalue weighted by Gasteiger charge is -2.04. The molecule has 0 spiro atoms. The second kappa shape index (κ2) is 7.59. The SMILES string of the molecule is Cc1cccc(NC(=O)CSc2nc(-c3cccc(C)c3)ns2)c1. The number of amides is 1. The molecule has 24 heavy (non-hydrogen) atoms. The van der Waals surface area contributed by atoms with Gasteiger partial charge in [0.25, 0.3) is 0 Å². The van der Waals surface area contributed by atoms with Gasteiger partial charge in [-0.05, 0) is 49.1 Å². The highest BCUT2D eigenvalue weighted by Gasteiger charge is 2.10. The molecule has 0 unspecified atom stereocenters. The summed E-state index contributed by atoms with van der Waals surface area (Å²) in [6.07, 6.45) is 0. The lowest BCUT2D eigenvalue weighted by molar-refractivity contribution is -0.113. The summed E-state index contributed by atoms with van der Waals surface area (Å²) < 4.78 is 5.18. The van der Waals surface area contributed by atoms with Crippen molar-refractivity contribution in [2.75, 3.05) is 11.1 Å². The van der Waals surface area contributed by atoms with Gasteiger partial charge in [0.05, 0.1) is 5.75 Å². The number of anilines is 1. The van der Waals surface area contributed by atoms with Crippen LogP contribution in [0.2, 0.25) is 0 Å². The van der Waals surface area contributed by atoms with Crippen molar-refractivity contribution >= 4 is 34.9 Å². The summed E-state index contributed by atoms with van der Waals surface area (Å²) in [7, 11) is 0. The maximum Gasteiger partial charge on any atom is 0.234 e. The van der Waals surface area contributed by atoms with E-state index in [1.54, 1.807) is 0 Å². The first-order valence-electron chi connectivity index (χ1n) is 7.50. The van der Waals surface area contributed by atoms with Crippen molar-refractivity contribution in [3.05, 3.63) is 59.7 Å². The Morgan fingerprint density at radius 2 is 1.88 bits per heavy atom. The molecule has 6 heteroatoms. The fourth-order valence-electron chi connectivity index (χ4n) is 2.22. The molecule has 1 N–H and O–H groups in total. The van der Waals surface area contributed by atoms with E-state index in [1.165, 1.54) is 28.9 Å². The molecule has 0 radical (unpaired) electrons. The second-order valence-corrected chi connectivity index (χ2v) is 7.43. The monoisotopic (exact) mass is 355 g/mol. The van der Waals surface area contributed by atoms with E-state index in [1.807, 2.05) is 56.3 Å². The third-order valence-corrected chi connectivity index (χ3v) is 5.15. The fourth-order valence-corrected chi connectivity index (χ4v) is 3.63. The first-order chi connectivity index (χ1) is 11.6. The average Bonchev–Trinajstić information content (AvgIpc) is 3.02. The van der Waals surface area contributed by atoms with Crippen LogP contribution in [0, 0.1) is 13.8 Å². The predicted octanol–water partition coefficient (Wildman–Crippen LogP) is 4.55. The van der Waals surface area contributed by atoms with Crippen molar-refractivity contribution in [2.24, 2.45) is 0 Å². The molecule has 1 amide bonds. The quantitative estimate of drug-likeness (QED) is 0.682. The second-order valence-electron chi connectivity index (χ2n) is 5.46. The van der Waals surface area contributed by atoms with Gasteiger partial charge in [0.1, 0.15) is 0 Å². The number of aromatic nitrogens is 2. The third-order valence-electron chi connectivity index (χ3n) is 3.31. The molecular formula is C18H17N3OS2. The van der Waals surface area contributed by atoms with Crippen LogP contribution in [0.15, 0.2) is 52.9 Å².